The average molecular weight is 743 g/mol. The lowest BCUT2D eigenvalue weighted by Gasteiger charge is -2.36. The van der Waals surface area contributed by atoms with E-state index in [-0.39, 0.29) is 17.4 Å². The second kappa shape index (κ2) is 16.1. The number of thiazole rings is 1. The van der Waals surface area contributed by atoms with E-state index in [1.54, 1.807) is 30.6 Å². The Balaban J connectivity index is 1.28. The molecule has 0 bridgehead atoms. The number of rotatable bonds is 14. The van der Waals surface area contributed by atoms with E-state index in [0.717, 1.165) is 92.1 Å². The number of hydrogen-bond acceptors (Lipinski definition) is 10. The highest BCUT2D eigenvalue weighted by molar-refractivity contribution is 7.10. The molecule has 3 fully saturated rings. The maximum Gasteiger partial charge on any atom is 0.253 e. The normalized spacial score (nSPS) is 18.5. The number of piperazine rings is 1. The van der Waals surface area contributed by atoms with Gasteiger partial charge in [-0.1, -0.05) is 19.9 Å². The summed E-state index contributed by atoms with van der Waals surface area (Å²) < 4.78 is 14.2. The molecule has 2 saturated heterocycles. The molecule has 12 heteroatoms. The van der Waals surface area contributed by atoms with E-state index >= 15 is 0 Å². The minimum atomic E-state index is -0.632. The van der Waals surface area contributed by atoms with Gasteiger partial charge in [-0.2, -0.15) is 0 Å². The van der Waals surface area contributed by atoms with E-state index < -0.39 is 6.04 Å². The molecule has 0 radical (unpaired) electrons. The predicted molar refractivity (Wildman–Crippen MR) is 214 cm³/mol. The molecule has 1 amide bonds. The van der Waals surface area contributed by atoms with Crippen LogP contribution >= 0.6 is 11.3 Å². The summed E-state index contributed by atoms with van der Waals surface area (Å²) in [5.41, 5.74) is 18.3. The maximum atomic E-state index is 13.0. The van der Waals surface area contributed by atoms with E-state index in [1.807, 2.05) is 0 Å². The van der Waals surface area contributed by atoms with Gasteiger partial charge in [-0.15, -0.1) is 11.3 Å². The summed E-state index contributed by atoms with van der Waals surface area (Å²) >= 11 is 1.57. The zero-order valence-electron chi connectivity index (χ0n) is 32.5. The molecule has 2 unspecified atom stereocenters. The van der Waals surface area contributed by atoms with Crippen LogP contribution in [-0.4, -0.2) is 103 Å². The summed E-state index contributed by atoms with van der Waals surface area (Å²) in [6, 6.07) is 9.26. The first-order valence-electron chi connectivity index (χ1n) is 19.5. The highest BCUT2D eigenvalue weighted by Gasteiger charge is 2.33. The van der Waals surface area contributed by atoms with Gasteiger partial charge in [-0.05, 0) is 75.1 Å². The summed E-state index contributed by atoms with van der Waals surface area (Å²) in [7, 11) is 3.55. The van der Waals surface area contributed by atoms with E-state index in [9.17, 15) is 4.79 Å². The molecule has 7 rings (SSSR count). The number of aromatic nitrogens is 3. The van der Waals surface area contributed by atoms with Crippen LogP contribution in [0.5, 0.6) is 0 Å². The number of pyridine rings is 1. The number of carbonyl (C=O) groups excluding carboxylic acids is 1. The highest BCUT2D eigenvalue weighted by atomic mass is 32.1. The summed E-state index contributed by atoms with van der Waals surface area (Å²) in [6.07, 6.45) is 7.86. The largest absolute Gasteiger partial charge is 0.384 e. The smallest absolute Gasteiger partial charge is 0.253 e. The number of hydrazine groups is 1. The molecule has 3 aliphatic rings. The average Bonchev–Trinajstić information content (AvgIpc) is 3.85. The number of carbonyl (C=O) groups is 1. The van der Waals surface area contributed by atoms with Gasteiger partial charge in [0, 0.05) is 99.9 Å². The van der Waals surface area contributed by atoms with Crippen molar-refractivity contribution in [3.05, 3.63) is 52.1 Å². The molecule has 4 aromatic rings. The van der Waals surface area contributed by atoms with Crippen molar-refractivity contribution in [3.63, 3.8) is 0 Å². The molecule has 2 atom stereocenters. The number of anilines is 1. The van der Waals surface area contributed by atoms with Crippen LogP contribution in [0.4, 0.5) is 5.69 Å². The van der Waals surface area contributed by atoms with Crippen LogP contribution in [0.2, 0.25) is 0 Å². The van der Waals surface area contributed by atoms with Crippen LogP contribution < -0.4 is 16.1 Å². The summed E-state index contributed by atoms with van der Waals surface area (Å²) in [5, 5.41) is 5.84. The van der Waals surface area contributed by atoms with E-state index in [2.05, 4.69) is 83.3 Å². The second-order valence-electron chi connectivity index (χ2n) is 15.9. The monoisotopic (exact) mass is 742 g/mol. The van der Waals surface area contributed by atoms with E-state index in [1.165, 1.54) is 40.7 Å². The van der Waals surface area contributed by atoms with E-state index in [0.29, 0.717) is 19.6 Å². The fraction of sp³-hybridized carbons (Fsp3) is 0.585. The molecule has 0 spiro atoms. The van der Waals surface area contributed by atoms with Crippen molar-refractivity contribution >= 4 is 33.8 Å². The van der Waals surface area contributed by atoms with Crippen molar-refractivity contribution < 1.29 is 14.3 Å². The van der Waals surface area contributed by atoms with Gasteiger partial charge in [0.2, 0.25) is 0 Å². The fourth-order valence-electron chi connectivity index (χ4n) is 8.26. The lowest BCUT2D eigenvalue weighted by atomic mass is 9.84. The van der Waals surface area contributed by atoms with Gasteiger partial charge >= 0.3 is 0 Å². The Hall–Kier alpha value is -3.39. The SMILES string of the molecule is CCn1c(-c2cc(N3CCN(C4CC4)CC3)cnc2C(C)OC)c(CC(C)(C)COC)c2cc(-c3csc(CC(N)C(=O)N4CCCCN4)n3)ccc21. The molecule has 53 heavy (non-hydrogen) atoms. The van der Waals surface area contributed by atoms with E-state index in [4.69, 9.17) is 25.2 Å². The maximum absolute atomic E-state index is 13.0. The second-order valence-corrected chi connectivity index (χ2v) is 16.8. The molecular weight excluding hydrogens is 685 g/mol. The minimum absolute atomic E-state index is 0.0687. The van der Waals surface area contributed by atoms with Crippen LogP contribution in [0, 0.1) is 5.41 Å². The summed E-state index contributed by atoms with van der Waals surface area (Å²) in [4.78, 5) is 28.4. The Morgan fingerprint density at radius 1 is 1.11 bits per heavy atom. The lowest BCUT2D eigenvalue weighted by Crippen LogP contribution is -2.53. The number of benzene rings is 1. The molecule has 286 valence electrons. The molecule has 2 aliphatic heterocycles. The van der Waals surface area contributed by atoms with Crippen molar-refractivity contribution in [2.45, 2.75) is 91.0 Å². The van der Waals surface area contributed by atoms with Crippen LogP contribution in [0.1, 0.15) is 75.7 Å². The highest BCUT2D eigenvalue weighted by Crippen LogP contribution is 2.43. The molecule has 1 aromatic carbocycles. The Morgan fingerprint density at radius 3 is 2.58 bits per heavy atom. The van der Waals surface area contributed by atoms with Crippen molar-refractivity contribution in [3.8, 4) is 22.5 Å². The third kappa shape index (κ3) is 8.18. The summed E-state index contributed by atoms with van der Waals surface area (Å²) in [6.45, 7) is 16.0. The molecular formula is C41H58N8O3S. The van der Waals surface area contributed by atoms with Gasteiger partial charge in [-0.25, -0.2) is 10.4 Å². The van der Waals surface area contributed by atoms with Gasteiger partial charge in [0.15, 0.2) is 0 Å². The number of amides is 1. The number of fused-ring (bicyclic) bond motifs is 1. The number of nitrogens with two attached hydrogens (primary N) is 1. The number of methoxy groups -OCH3 is 2. The summed E-state index contributed by atoms with van der Waals surface area (Å²) in [5.74, 6) is -0.0687. The fourth-order valence-corrected chi connectivity index (χ4v) is 9.12. The molecule has 3 aromatic heterocycles. The molecule has 11 nitrogen and oxygen atoms in total. The number of nitrogens with one attached hydrogen (secondary N) is 1. The van der Waals surface area contributed by atoms with Gasteiger partial charge < -0.3 is 24.7 Å². The number of aryl methyl sites for hydroxylation is 1. The Labute approximate surface area is 318 Å². The van der Waals surface area contributed by atoms with Crippen molar-refractivity contribution in [2.75, 3.05) is 65.0 Å². The van der Waals surface area contributed by atoms with Gasteiger partial charge in [0.25, 0.3) is 5.91 Å². The molecule has 3 N–H and O–H groups in total. The Bertz CT molecular complexity index is 1890. The lowest BCUT2D eigenvalue weighted by molar-refractivity contribution is -0.136. The standard InChI is InChI=1S/C41H58N8O3S/c1-7-48-36-13-10-28(35-25-53-37(45-35)22-34(42)40(50)49-15-9-8-14-44-49)20-31(36)33(23-41(3,4)26-51-5)39(48)32-21-30(24-43-38(32)27(2)52-6)47-18-16-46(17-19-47)29-11-12-29/h10,13,20-21,24-25,27,29,34,44H,7-9,11-12,14-19,22-23,26,42H2,1-6H3. The van der Waals surface area contributed by atoms with Gasteiger partial charge in [0.1, 0.15) is 0 Å². The van der Waals surface area contributed by atoms with Crippen molar-refractivity contribution in [2.24, 2.45) is 11.1 Å². The third-order valence-electron chi connectivity index (χ3n) is 11.3. The number of nitrogens with zero attached hydrogens (tertiary/aromatic N) is 6. The van der Waals surface area contributed by atoms with Crippen molar-refractivity contribution in [1.29, 1.82) is 0 Å². The number of hydrogen-bond donors (Lipinski definition) is 2. The Kier molecular flexibility index (Phi) is 11.5. The molecule has 5 heterocycles. The topological polar surface area (TPSA) is 114 Å². The zero-order chi connectivity index (χ0) is 37.3. The first-order chi connectivity index (χ1) is 25.6. The van der Waals surface area contributed by atoms with Gasteiger partial charge in [-0.3, -0.25) is 19.7 Å². The zero-order valence-corrected chi connectivity index (χ0v) is 33.3. The minimum Gasteiger partial charge on any atom is -0.384 e. The molecule has 1 aliphatic carbocycles. The van der Waals surface area contributed by atoms with Gasteiger partial charge in [0.05, 0.1) is 52.7 Å². The quantitative estimate of drug-likeness (QED) is 0.160. The number of ether oxygens (including phenoxy) is 2. The first kappa shape index (κ1) is 37.9. The van der Waals surface area contributed by atoms with Crippen molar-refractivity contribution in [1.82, 2.24) is 29.9 Å². The third-order valence-corrected chi connectivity index (χ3v) is 12.1. The van der Waals surface area contributed by atoms with Crippen LogP contribution in [0.15, 0.2) is 35.8 Å². The van der Waals surface area contributed by atoms with Crippen LogP contribution in [0.3, 0.4) is 0 Å². The van der Waals surface area contributed by atoms with Crippen LogP contribution in [0.25, 0.3) is 33.4 Å². The first-order valence-corrected chi connectivity index (χ1v) is 20.4. The predicted octanol–water partition coefficient (Wildman–Crippen LogP) is 6.05. The molecule has 1 saturated carbocycles. The van der Waals surface area contributed by atoms with Crippen LogP contribution in [-0.2, 0) is 33.7 Å². The Morgan fingerprint density at radius 2 is 1.91 bits per heavy atom.